The molecule has 14 heavy (non-hydrogen) atoms. The van der Waals surface area contributed by atoms with Crippen molar-refractivity contribution in [3.8, 4) is 0 Å². The van der Waals surface area contributed by atoms with Crippen molar-refractivity contribution in [2.45, 2.75) is 11.8 Å². The van der Waals surface area contributed by atoms with E-state index in [2.05, 4.69) is 0 Å². The first kappa shape index (κ1) is 11.4. The quantitative estimate of drug-likeness (QED) is 0.659. The molecule has 0 radical (unpaired) electrons. The number of sulfonamides is 1. The Labute approximate surface area is 83.2 Å². The van der Waals surface area contributed by atoms with Crippen LogP contribution in [0, 0.1) is 0 Å². The maximum Gasteiger partial charge on any atom is 0.318 e. The molecule has 1 fully saturated rings. The second-order valence-corrected chi connectivity index (χ2v) is 5.62. The van der Waals surface area contributed by atoms with Crippen LogP contribution in [0.2, 0.25) is 0 Å². The molecule has 0 aromatic heterocycles. The maximum atomic E-state index is 11.7. The Morgan fingerprint density at radius 3 is 2.50 bits per heavy atom. The molecule has 1 N–H and O–H groups in total. The molecule has 1 rings (SSSR count). The highest BCUT2D eigenvalue weighted by Crippen LogP contribution is 2.22. The summed E-state index contributed by atoms with van der Waals surface area (Å²) in [6.07, 6.45) is 0.572. The van der Waals surface area contributed by atoms with Gasteiger partial charge in [-0.2, -0.15) is 4.31 Å². The van der Waals surface area contributed by atoms with Crippen LogP contribution in [-0.4, -0.2) is 61.3 Å². The Kier molecular flexibility index (Phi) is 3.13. The van der Waals surface area contributed by atoms with Gasteiger partial charge in [0.05, 0.1) is 0 Å². The third-order valence-corrected chi connectivity index (χ3v) is 4.64. The van der Waals surface area contributed by atoms with Crippen molar-refractivity contribution < 1.29 is 18.3 Å². The number of rotatable bonds is 4. The zero-order chi connectivity index (χ0) is 10.9. The number of hydrogen-bond donors (Lipinski definition) is 1. The second-order valence-electron chi connectivity index (χ2n) is 3.42. The van der Waals surface area contributed by atoms with Gasteiger partial charge in [0.2, 0.25) is 10.0 Å². The summed E-state index contributed by atoms with van der Waals surface area (Å²) >= 11 is 0. The Morgan fingerprint density at radius 2 is 2.21 bits per heavy atom. The third-order valence-electron chi connectivity index (χ3n) is 2.36. The van der Waals surface area contributed by atoms with Crippen molar-refractivity contribution >= 4 is 16.0 Å². The van der Waals surface area contributed by atoms with Crippen LogP contribution in [-0.2, 0) is 14.8 Å². The van der Waals surface area contributed by atoms with Crippen molar-refractivity contribution in [1.29, 1.82) is 0 Å². The standard InChI is InChI=1S/C7H14N2O4S/c1-8-4-3-6(8)14(12,13)9(2)5-7(10)11/h6H,3-5H2,1-2H3,(H,10,11)/t6-/m1/s1. The fourth-order valence-electron chi connectivity index (χ4n) is 1.36. The number of carboxylic acid groups (broad SMARTS) is 1. The van der Waals surface area contributed by atoms with E-state index in [1.54, 1.807) is 11.9 Å². The highest BCUT2D eigenvalue weighted by molar-refractivity contribution is 7.89. The summed E-state index contributed by atoms with van der Waals surface area (Å²) in [5.74, 6) is -1.14. The predicted octanol–water partition coefficient (Wildman–Crippen LogP) is -1.01. The summed E-state index contributed by atoms with van der Waals surface area (Å²) in [4.78, 5) is 12.0. The zero-order valence-electron chi connectivity index (χ0n) is 8.17. The number of carboxylic acids is 1. The van der Waals surface area contributed by atoms with Gasteiger partial charge in [0, 0.05) is 13.6 Å². The predicted molar refractivity (Wildman–Crippen MR) is 50.2 cm³/mol. The summed E-state index contributed by atoms with van der Waals surface area (Å²) in [7, 11) is -0.472. The van der Waals surface area contributed by atoms with Crippen molar-refractivity contribution in [2.24, 2.45) is 0 Å². The lowest BCUT2D eigenvalue weighted by atomic mass is 10.2. The molecule has 1 saturated heterocycles. The second kappa shape index (κ2) is 3.84. The lowest BCUT2D eigenvalue weighted by Crippen LogP contribution is -2.54. The maximum absolute atomic E-state index is 11.7. The van der Waals surface area contributed by atoms with E-state index < -0.39 is 27.9 Å². The molecule has 1 heterocycles. The third kappa shape index (κ3) is 2.05. The van der Waals surface area contributed by atoms with Gasteiger partial charge in [-0.1, -0.05) is 0 Å². The summed E-state index contributed by atoms with van der Waals surface area (Å²) in [6, 6.07) is 0. The molecule has 0 saturated carbocycles. The number of likely N-dealkylation sites (tertiary alicyclic amines) is 1. The SMILES string of the molecule is CN1CC[C@H]1S(=O)(=O)N(C)CC(=O)O. The van der Waals surface area contributed by atoms with Gasteiger partial charge >= 0.3 is 5.97 Å². The van der Waals surface area contributed by atoms with Crippen LogP contribution in [0.15, 0.2) is 0 Å². The number of hydrogen-bond acceptors (Lipinski definition) is 4. The smallest absolute Gasteiger partial charge is 0.318 e. The Bertz CT molecular complexity index is 327. The Balaban J connectivity index is 2.69. The molecule has 1 atom stereocenters. The van der Waals surface area contributed by atoms with Gasteiger partial charge in [0.25, 0.3) is 0 Å². The van der Waals surface area contributed by atoms with Gasteiger partial charge in [-0.25, -0.2) is 8.42 Å². The van der Waals surface area contributed by atoms with Gasteiger partial charge in [-0.15, -0.1) is 0 Å². The molecule has 1 aliphatic rings. The minimum absolute atomic E-state index is 0.479. The summed E-state index contributed by atoms with van der Waals surface area (Å²) < 4.78 is 24.2. The molecule has 0 aromatic carbocycles. The molecular weight excluding hydrogens is 208 g/mol. The molecule has 0 bridgehead atoms. The van der Waals surface area contributed by atoms with Crippen molar-refractivity contribution in [3.63, 3.8) is 0 Å². The Morgan fingerprint density at radius 1 is 1.64 bits per heavy atom. The molecule has 6 nitrogen and oxygen atoms in total. The fourth-order valence-corrected chi connectivity index (χ4v) is 3.03. The minimum atomic E-state index is -3.47. The molecular formula is C7H14N2O4S. The molecule has 0 unspecified atom stereocenters. The van der Waals surface area contributed by atoms with E-state index in [0.29, 0.717) is 6.42 Å². The molecule has 1 aliphatic heterocycles. The monoisotopic (exact) mass is 222 g/mol. The van der Waals surface area contributed by atoms with Gasteiger partial charge in [0.1, 0.15) is 11.9 Å². The van der Waals surface area contributed by atoms with Crippen LogP contribution < -0.4 is 0 Å². The summed E-state index contributed by atoms with van der Waals surface area (Å²) in [6.45, 7) is 0.261. The zero-order valence-corrected chi connectivity index (χ0v) is 8.99. The highest BCUT2D eigenvalue weighted by atomic mass is 32.2. The van der Waals surface area contributed by atoms with Crippen LogP contribution >= 0.6 is 0 Å². The van der Waals surface area contributed by atoms with Crippen molar-refractivity contribution in [3.05, 3.63) is 0 Å². The van der Waals surface area contributed by atoms with Gasteiger partial charge in [0.15, 0.2) is 0 Å². The molecule has 7 heteroatoms. The summed E-state index contributed by atoms with van der Waals surface area (Å²) in [5.41, 5.74) is 0. The molecule has 0 amide bonds. The van der Waals surface area contributed by atoms with Crippen LogP contribution in [0.4, 0.5) is 0 Å². The lowest BCUT2D eigenvalue weighted by Gasteiger charge is -2.38. The first-order valence-electron chi connectivity index (χ1n) is 4.23. The van der Waals surface area contributed by atoms with Gasteiger partial charge in [-0.05, 0) is 13.5 Å². The van der Waals surface area contributed by atoms with Crippen LogP contribution in [0.3, 0.4) is 0 Å². The number of carbonyl (C=O) groups is 1. The first-order valence-corrected chi connectivity index (χ1v) is 5.73. The van der Waals surface area contributed by atoms with Crippen LogP contribution in [0.25, 0.3) is 0 Å². The number of aliphatic carboxylic acids is 1. The first-order chi connectivity index (χ1) is 6.35. The molecule has 82 valence electrons. The van der Waals surface area contributed by atoms with E-state index in [1.165, 1.54) is 7.05 Å². The lowest BCUT2D eigenvalue weighted by molar-refractivity contribution is -0.137. The highest BCUT2D eigenvalue weighted by Gasteiger charge is 2.39. The summed E-state index contributed by atoms with van der Waals surface area (Å²) in [5, 5.41) is 7.92. The van der Waals surface area contributed by atoms with E-state index >= 15 is 0 Å². The van der Waals surface area contributed by atoms with Crippen molar-refractivity contribution in [1.82, 2.24) is 9.21 Å². The minimum Gasteiger partial charge on any atom is -0.480 e. The van der Waals surface area contributed by atoms with Gasteiger partial charge < -0.3 is 5.11 Å². The largest absolute Gasteiger partial charge is 0.480 e. The van der Waals surface area contributed by atoms with Crippen LogP contribution in [0.5, 0.6) is 0 Å². The number of likely N-dealkylation sites (N-methyl/N-ethyl adjacent to an activating group) is 1. The van der Waals surface area contributed by atoms with E-state index in [9.17, 15) is 13.2 Å². The molecule has 0 aromatic rings. The van der Waals surface area contributed by atoms with E-state index in [0.717, 1.165) is 10.8 Å². The molecule has 0 spiro atoms. The average Bonchev–Trinajstić information content (AvgIpc) is 1.99. The van der Waals surface area contributed by atoms with Gasteiger partial charge in [-0.3, -0.25) is 9.69 Å². The van der Waals surface area contributed by atoms with E-state index in [4.69, 9.17) is 5.11 Å². The van der Waals surface area contributed by atoms with E-state index in [-0.39, 0.29) is 0 Å². The number of nitrogens with zero attached hydrogens (tertiary/aromatic N) is 2. The normalized spacial score (nSPS) is 23.5. The topological polar surface area (TPSA) is 77.9 Å². The van der Waals surface area contributed by atoms with Crippen LogP contribution in [0.1, 0.15) is 6.42 Å². The Hall–Kier alpha value is -0.660. The average molecular weight is 222 g/mol. The van der Waals surface area contributed by atoms with Crippen molar-refractivity contribution in [2.75, 3.05) is 27.2 Å². The fraction of sp³-hybridized carbons (Fsp3) is 0.857. The molecule has 0 aliphatic carbocycles. The van der Waals surface area contributed by atoms with E-state index in [1.807, 2.05) is 0 Å².